The number of carboxylic acid groups (broad SMARTS) is 1. The number of nitrogens with zero attached hydrogens (tertiary/aromatic N) is 1. The van der Waals surface area contributed by atoms with E-state index >= 15 is 0 Å². The van der Waals surface area contributed by atoms with Crippen LogP contribution >= 0.6 is 11.6 Å². The van der Waals surface area contributed by atoms with E-state index in [2.05, 4.69) is 10.3 Å². The summed E-state index contributed by atoms with van der Waals surface area (Å²) in [6, 6.07) is 18.7. The molecule has 4 aromatic rings. The van der Waals surface area contributed by atoms with E-state index in [0.29, 0.717) is 36.7 Å². The number of nitrogens with one attached hydrogen (secondary N) is 1. The Hall–Kier alpha value is -4.17. The SMILES string of the molecule is Cc1oc(-c2ccccc2)nc1CCOc1ccc(CCC(=O)O)c(CNC(=O)c2ccc(F)c(Cl)c2)c1. The number of carboxylic acids is 1. The first kappa shape index (κ1) is 26.9. The van der Waals surface area contributed by atoms with Gasteiger partial charge < -0.3 is 19.6 Å². The van der Waals surface area contributed by atoms with Crippen molar-refractivity contribution in [3.8, 4) is 17.2 Å². The van der Waals surface area contributed by atoms with Crippen molar-refractivity contribution in [2.45, 2.75) is 32.7 Å². The monoisotopic (exact) mass is 536 g/mol. The van der Waals surface area contributed by atoms with Crippen molar-refractivity contribution in [2.24, 2.45) is 0 Å². The number of amides is 1. The molecule has 0 atom stereocenters. The Morgan fingerprint density at radius 2 is 1.84 bits per heavy atom. The summed E-state index contributed by atoms with van der Waals surface area (Å²) < 4.78 is 25.2. The van der Waals surface area contributed by atoms with Crippen LogP contribution < -0.4 is 10.1 Å². The largest absolute Gasteiger partial charge is 0.493 e. The number of hydrogen-bond acceptors (Lipinski definition) is 5. The number of carbonyl (C=O) groups excluding carboxylic acids is 1. The predicted octanol–water partition coefficient (Wildman–Crippen LogP) is 6.01. The molecule has 3 aromatic carbocycles. The first-order valence-electron chi connectivity index (χ1n) is 12.0. The van der Waals surface area contributed by atoms with Gasteiger partial charge in [-0.05, 0) is 66.9 Å². The highest BCUT2D eigenvalue weighted by Gasteiger charge is 2.14. The highest BCUT2D eigenvalue weighted by molar-refractivity contribution is 6.31. The zero-order chi connectivity index (χ0) is 27.1. The second-order valence-electron chi connectivity index (χ2n) is 8.62. The lowest BCUT2D eigenvalue weighted by Gasteiger charge is -2.13. The van der Waals surface area contributed by atoms with E-state index in [0.717, 1.165) is 28.6 Å². The molecule has 0 bridgehead atoms. The van der Waals surface area contributed by atoms with Crippen LogP contribution in [0.4, 0.5) is 4.39 Å². The lowest BCUT2D eigenvalue weighted by Crippen LogP contribution is -2.23. The molecular formula is C29H26ClFN2O5. The van der Waals surface area contributed by atoms with Crippen LogP contribution in [0.5, 0.6) is 5.75 Å². The maximum atomic E-state index is 13.4. The van der Waals surface area contributed by atoms with Crippen molar-refractivity contribution in [3.63, 3.8) is 0 Å². The molecule has 0 fully saturated rings. The summed E-state index contributed by atoms with van der Waals surface area (Å²) >= 11 is 5.79. The second kappa shape index (κ2) is 12.4. The van der Waals surface area contributed by atoms with Crippen LogP contribution in [0.2, 0.25) is 5.02 Å². The summed E-state index contributed by atoms with van der Waals surface area (Å²) in [6.07, 6.45) is 0.772. The van der Waals surface area contributed by atoms with E-state index in [1.54, 1.807) is 18.2 Å². The van der Waals surface area contributed by atoms with E-state index in [1.165, 1.54) is 12.1 Å². The molecule has 2 N–H and O–H groups in total. The normalized spacial score (nSPS) is 10.8. The topological polar surface area (TPSA) is 102 Å². The maximum absolute atomic E-state index is 13.4. The molecule has 4 rings (SSSR count). The van der Waals surface area contributed by atoms with Gasteiger partial charge in [0, 0.05) is 30.5 Å². The molecular weight excluding hydrogens is 511 g/mol. The summed E-state index contributed by atoms with van der Waals surface area (Å²) in [5.74, 6) is -0.108. The summed E-state index contributed by atoms with van der Waals surface area (Å²) in [5.41, 5.74) is 3.40. The molecule has 0 aliphatic rings. The van der Waals surface area contributed by atoms with Crippen LogP contribution in [0, 0.1) is 12.7 Å². The molecule has 1 heterocycles. The van der Waals surface area contributed by atoms with Gasteiger partial charge in [-0.15, -0.1) is 0 Å². The Balaban J connectivity index is 1.42. The minimum atomic E-state index is -0.917. The number of carbonyl (C=O) groups is 2. The van der Waals surface area contributed by atoms with Crippen LogP contribution in [0.3, 0.4) is 0 Å². The van der Waals surface area contributed by atoms with Gasteiger partial charge in [-0.25, -0.2) is 9.37 Å². The molecule has 0 aliphatic carbocycles. The molecule has 0 saturated heterocycles. The minimum Gasteiger partial charge on any atom is -0.493 e. The van der Waals surface area contributed by atoms with E-state index < -0.39 is 17.7 Å². The minimum absolute atomic E-state index is 0.0517. The lowest BCUT2D eigenvalue weighted by molar-refractivity contribution is -0.136. The Morgan fingerprint density at radius 1 is 1.05 bits per heavy atom. The van der Waals surface area contributed by atoms with Crippen LogP contribution in [0.25, 0.3) is 11.5 Å². The highest BCUT2D eigenvalue weighted by atomic mass is 35.5. The van der Waals surface area contributed by atoms with Crippen molar-refractivity contribution >= 4 is 23.5 Å². The summed E-state index contributed by atoms with van der Waals surface area (Å²) in [6.45, 7) is 2.33. The molecule has 0 saturated carbocycles. The van der Waals surface area contributed by atoms with Crippen molar-refractivity contribution in [2.75, 3.05) is 6.61 Å². The first-order chi connectivity index (χ1) is 18.3. The molecule has 1 amide bonds. The van der Waals surface area contributed by atoms with E-state index in [1.807, 2.05) is 37.3 Å². The average Bonchev–Trinajstić information content (AvgIpc) is 3.28. The van der Waals surface area contributed by atoms with Gasteiger partial charge in [0.25, 0.3) is 5.91 Å². The van der Waals surface area contributed by atoms with Gasteiger partial charge >= 0.3 is 5.97 Å². The Bertz CT molecular complexity index is 1440. The molecule has 9 heteroatoms. The number of rotatable bonds is 11. The third-order valence-electron chi connectivity index (χ3n) is 5.93. The quantitative estimate of drug-likeness (QED) is 0.243. The third kappa shape index (κ3) is 6.98. The van der Waals surface area contributed by atoms with E-state index in [-0.39, 0.29) is 23.6 Å². The van der Waals surface area contributed by atoms with Crippen LogP contribution in [-0.4, -0.2) is 28.6 Å². The van der Waals surface area contributed by atoms with Gasteiger partial charge in [0.05, 0.1) is 17.3 Å². The van der Waals surface area contributed by atoms with Crippen molar-refractivity contribution in [1.82, 2.24) is 10.3 Å². The summed E-state index contributed by atoms with van der Waals surface area (Å²) in [5, 5.41) is 11.7. The number of oxazole rings is 1. The molecule has 0 aliphatic heterocycles. The lowest BCUT2D eigenvalue weighted by atomic mass is 10.0. The maximum Gasteiger partial charge on any atom is 0.303 e. The molecule has 0 unspecified atom stereocenters. The van der Waals surface area contributed by atoms with Gasteiger partial charge in [-0.1, -0.05) is 35.9 Å². The van der Waals surface area contributed by atoms with Gasteiger partial charge in [0.1, 0.15) is 17.3 Å². The van der Waals surface area contributed by atoms with Crippen molar-refractivity contribution in [3.05, 3.63) is 106 Å². The Kier molecular flexibility index (Phi) is 8.76. The fourth-order valence-corrected chi connectivity index (χ4v) is 4.07. The number of halogens is 2. The van der Waals surface area contributed by atoms with Crippen molar-refractivity contribution < 1.29 is 28.2 Å². The molecule has 196 valence electrons. The molecule has 0 spiro atoms. The van der Waals surface area contributed by atoms with Gasteiger partial charge in [-0.3, -0.25) is 9.59 Å². The summed E-state index contributed by atoms with van der Waals surface area (Å²) in [4.78, 5) is 28.3. The number of hydrogen-bond donors (Lipinski definition) is 2. The van der Waals surface area contributed by atoms with Crippen LogP contribution in [-0.2, 0) is 24.2 Å². The predicted molar refractivity (Wildman–Crippen MR) is 141 cm³/mol. The van der Waals surface area contributed by atoms with Crippen LogP contribution in [0.15, 0.2) is 71.1 Å². The summed E-state index contributed by atoms with van der Waals surface area (Å²) in [7, 11) is 0. The number of aliphatic carboxylic acids is 1. The van der Waals surface area contributed by atoms with E-state index in [9.17, 15) is 14.0 Å². The van der Waals surface area contributed by atoms with Crippen molar-refractivity contribution in [1.29, 1.82) is 0 Å². The zero-order valence-electron chi connectivity index (χ0n) is 20.7. The average molecular weight is 537 g/mol. The number of benzene rings is 3. The van der Waals surface area contributed by atoms with Gasteiger partial charge in [-0.2, -0.15) is 0 Å². The number of aromatic nitrogens is 1. The third-order valence-corrected chi connectivity index (χ3v) is 6.22. The second-order valence-corrected chi connectivity index (χ2v) is 9.03. The van der Waals surface area contributed by atoms with Gasteiger partial charge in [0.2, 0.25) is 5.89 Å². The standard InChI is InChI=1S/C29H26ClFN2O5/c1-18-26(33-29(38-18)20-5-3-2-4-6-20)13-14-37-23-10-7-19(9-12-27(34)35)22(15-23)17-32-28(36)21-8-11-25(31)24(30)16-21/h2-8,10-11,15-16H,9,12-14,17H2,1H3,(H,32,36)(H,34,35). The fraction of sp³-hybridized carbons (Fsp3) is 0.207. The molecule has 38 heavy (non-hydrogen) atoms. The molecule has 1 aromatic heterocycles. The smallest absolute Gasteiger partial charge is 0.303 e. The molecule has 0 radical (unpaired) electrons. The highest BCUT2D eigenvalue weighted by Crippen LogP contribution is 2.23. The number of aryl methyl sites for hydroxylation is 2. The molecule has 7 nitrogen and oxygen atoms in total. The van der Waals surface area contributed by atoms with Crippen LogP contribution in [0.1, 0.15) is 39.4 Å². The first-order valence-corrected chi connectivity index (χ1v) is 12.4. The zero-order valence-corrected chi connectivity index (χ0v) is 21.4. The van der Waals surface area contributed by atoms with E-state index in [4.69, 9.17) is 25.9 Å². The Morgan fingerprint density at radius 3 is 2.58 bits per heavy atom. The fourth-order valence-electron chi connectivity index (χ4n) is 3.89. The van der Waals surface area contributed by atoms with Gasteiger partial charge in [0.15, 0.2) is 0 Å². The number of ether oxygens (including phenoxy) is 1. The Labute approximate surface area is 224 Å².